The lowest BCUT2D eigenvalue weighted by atomic mass is 9.89. The van der Waals surface area contributed by atoms with E-state index in [4.69, 9.17) is 14.6 Å². The Hall–Kier alpha value is -1.55. The molecule has 1 saturated heterocycles. The predicted molar refractivity (Wildman–Crippen MR) is 112 cm³/mol. The monoisotopic (exact) mass is 380 g/mol. The highest BCUT2D eigenvalue weighted by molar-refractivity contribution is 5.69. The summed E-state index contributed by atoms with van der Waals surface area (Å²) < 4.78 is 10.6. The van der Waals surface area contributed by atoms with Crippen LogP contribution in [-0.2, 0) is 16.0 Å². The molecule has 27 heavy (non-hydrogen) atoms. The van der Waals surface area contributed by atoms with Gasteiger partial charge in [-0.2, -0.15) is 0 Å². The lowest BCUT2D eigenvalue weighted by Gasteiger charge is -2.20. The van der Waals surface area contributed by atoms with Gasteiger partial charge in [0.2, 0.25) is 0 Å². The molecule has 1 aliphatic rings. The van der Waals surface area contributed by atoms with E-state index in [2.05, 4.69) is 12.1 Å². The molecule has 1 fully saturated rings. The molecule has 0 amide bonds. The summed E-state index contributed by atoms with van der Waals surface area (Å²) in [6.07, 6.45) is 5.84. The standard InChI is InChI=1S/C17H24O3.C4H10O.C2H6/c1-13-11-15(5-3-4-6-17(18)20-13)12-14-7-9-16(19-2)10-8-14;1-4(2)3-5;1-2/h7-10,13,15H,3-6,11-12H2,1-2H3;4-5H,3H2,1-2H3;1-2H3. The molecule has 4 heteroatoms. The number of rotatable bonds is 4. The van der Waals surface area contributed by atoms with Crippen molar-refractivity contribution in [1.82, 2.24) is 0 Å². The van der Waals surface area contributed by atoms with E-state index in [0.29, 0.717) is 24.9 Å². The second-order valence-corrected chi connectivity index (χ2v) is 7.28. The first-order valence-electron chi connectivity index (χ1n) is 10.4. The van der Waals surface area contributed by atoms with Crippen molar-refractivity contribution in [2.24, 2.45) is 11.8 Å². The average Bonchev–Trinajstić information content (AvgIpc) is 2.74. The lowest BCUT2D eigenvalue weighted by Crippen LogP contribution is -2.18. The molecule has 1 aromatic carbocycles. The number of carbonyl (C=O) groups excluding carboxylic acids is 1. The van der Waals surface area contributed by atoms with Gasteiger partial charge in [-0.15, -0.1) is 0 Å². The second kappa shape index (κ2) is 15.5. The zero-order valence-electron chi connectivity index (χ0n) is 18.2. The van der Waals surface area contributed by atoms with Crippen molar-refractivity contribution >= 4 is 5.97 Å². The zero-order chi connectivity index (χ0) is 20.7. The normalized spacial score (nSPS) is 19.9. The van der Waals surface area contributed by atoms with Gasteiger partial charge < -0.3 is 14.6 Å². The van der Waals surface area contributed by atoms with Gasteiger partial charge in [0.15, 0.2) is 0 Å². The van der Waals surface area contributed by atoms with Crippen molar-refractivity contribution in [3.63, 3.8) is 0 Å². The van der Waals surface area contributed by atoms with E-state index in [1.165, 1.54) is 12.0 Å². The minimum atomic E-state index is -0.0393. The quantitative estimate of drug-likeness (QED) is 0.710. The zero-order valence-corrected chi connectivity index (χ0v) is 18.2. The maximum absolute atomic E-state index is 11.5. The van der Waals surface area contributed by atoms with Gasteiger partial charge in [-0.05, 0) is 62.1 Å². The third kappa shape index (κ3) is 12.5. The highest BCUT2D eigenvalue weighted by atomic mass is 16.5. The summed E-state index contributed by atoms with van der Waals surface area (Å²) in [5, 5.41) is 8.14. The summed E-state index contributed by atoms with van der Waals surface area (Å²) in [7, 11) is 1.68. The summed E-state index contributed by atoms with van der Waals surface area (Å²) >= 11 is 0. The van der Waals surface area contributed by atoms with E-state index < -0.39 is 0 Å². The van der Waals surface area contributed by atoms with Crippen LogP contribution < -0.4 is 4.74 Å². The predicted octanol–water partition coefficient (Wildman–Crippen LogP) is 5.41. The van der Waals surface area contributed by atoms with Crippen molar-refractivity contribution in [1.29, 1.82) is 0 Å². The van der Waals surface area contributed by atoms with Gasteiger partial charge >= 0.3 is 5.97 Å². The number of hydrogen-bond acceptors (Lipinski definition) is 4. The molecule has 1 aliphatic heterocycles. The van der Waals surface area contributed by atoms with Gasteiger partial charge in [0.1, 0.15) is 5.75 Å². The molecule has 1 aromatic rings. The molecule has 4 nitrogen and oxygen atoms in total. The van der Waals surface area contributed by atoms with Crippen molar-refractivity contribution in [2.75, 3.05) is 13.7 Å². The largest absolute Gasteiger partial charge is 0.497 e. The van der Waals surface area contributed by atoms with Gasteiger partial charge in [0.25, 0.3) is 0 Å². The fraction of sp³-hybridized carbons (Fsp3) is 0.696. The maximum Gasteiger partial charge on any atom is 0.306 e. The van der Waals surface area contributed by atoms with Crippen LogP contribution in [-0.4, -0.2) is 30.9 Å². The van der Waals surface area contributed by atoms with Crippen LogP contribution in [0.15, 0.2) is 24.3 Å². The van der Waals surface area contributed by atoms with E-state index in [9.17, 15) is 4.79 Å². The Morgan fingerprint density at radius 1 is 1.19 bits per heavy atom. The Kier molecular flexibility index (Phi) is 14.6. The van der Waals surface area contributed by atoms with Crippen molar-refractivity contribution < 1.29 is 19.4 Å². The van der Waals surface area contributed by atoms with E-state index in [0.717, 1.165) is 31.4 Å². The lowest BCUT2D eigenvalue weighted by molar-refractivity contribution is -0.148. The number of aliphatic hydroxyl groups excluding tert-OH is 1. The maximum atomic E-state index is 11.5. The van der Waals surface area contributed by atoms with Crippen LogP contribution in [0, 0.1) is 11.8 Å². The van der Waals surface area contributed by atoms with Crippen LogP contribution in [0.4, 0.5) is 0 Å². The molecule has 2 rings (SSSR count). The van der Waals surface area contributed by atoms with Crippen molar-refractivity contribution in [3.8, 4) is 5.75 Å². The van der Waals surface area contributed by atoms with Gasteiger partial charge in [0, 0.05) is 13.0 Å². The molecule has 1 N–H and O–H groups in total. The summed E-state index contributed by atoms with van der Waals surface area (Å²) in [6.45, 7) is 10.3. The van der Waals surface area contributed by atoms with Crippen LogP contribution in [0.2, 0.25) is 0 Å². The molecular weight excluding hydrogens is 340 g/mol. The first kappa shape index (κ1) is 25.4. The Morgan fingerprint density at radius 3 is 2.30 bits per heavy atom. The first-order chi connectivity index (χ1) is 12.9. The third-order valence-electron chi connectivity index (χ3n) is 4.29. The molecule has 2 atom stereocenters. The summed E-state index contributed by atoms with van der Waals surface area (Å²) in [6, 6.07) is 8.27. The van der Waals surface area contributed by atoms with Gasteiger partial charge in [-0.1, -0.05) is 46.2 Å². The highest BCUT2D eigenvalue weighted by Crippen LogP contribution is 2.25. The van der Waals surface area contributed by atoms with Crippen molar-refractivity contribution in [3.05, 3.63) is 29.8 Å². The second-order valence-electron chi connectivity index (χ2n) is 7.28. The number of ether oxygens (including phenoxy) is 2. The Balaban J connectivity index is 0.000000838. The number of benzene rings is 1. The van der Waals surface area contributed by atoms with Crippen LogP contribution in [0.3, 0.4) is 0 Å². The van der Waals surface area contributed by atoms with Crippen molar-refractivity contribution in [2.45, 2.75) is 79.2 Å². The molecule has 0 saturated carbocycles. The van der Waals surface area contributed by atoms with Crippen LogP contribution in [0.25, 0.3) is 0 Å². The Morgan fingerprint density at radius 2 is 1.78 bits per heavy atom. The fourth-order valence-corrected chi connectivity index (χ4v) is 2.90. The minimum Gasteiger partial charge on any atom is -0.497 e. The molecule has 1 heterocycles. The molecule has 156 valence electrons. The van der Waals surface area contributed by atoms with E-state index in [1.807, 2.05) is 46.8 Å². The number of cyclic esters (lactones) is 1. The van der Waals surface area contributed by atoms with Gasteiger partial charge in [-0.3, -0.25) is 4.79 Å². The summed E-state index contributed by atoms with van der Waals surface area (Å²) in [4.78, 5) is 11.5. The molecule has 0 aliphatic carbocycles. The molecule has 0 spiro atoms. The van der Waals surface area contributed by atoms with Gasteiger partial charge in [0.05, 0.1) is 13.2 Å². The molecule has 2 unspecified atom stereocenters. The highest BCUT2D eigenvalue weighted by Gasteiger charge is 2.19. The number of carbonyl (C=O) groups is 1. The smallest absolute Gasteiger partial charge is 0.306 e. The fourth-order valence-electron chi connectivity index (χ4n) is 2.90. The van der Waals surface area contributed by atoms with Crippen LogP contribution in [0.5, 0.6) is 5.75 Å². The van der Waals surface area contributed by atoms with Gasteiger partial charge in [-0.25, -0.2) is 0 Å². The number of esters is 1. The van der Waals surface area contributed by atoms with E-state index in [-0.39, 0.29) is 12.1 Å². The number of hydrogen-bond donors (Lipinski definition) is 1. The van der Waals surface area contributed by atoms with Crippen LogP contribution in [0.1, 0.15) is 72.3 Å². The molecular formula is C23H40O4. The minimum absolute atomic E-state index is 0.0313. The summed E-state index contributed by atoms with van der Waals surface area (Å²) in [5.74, 6) is 1.88. The molecule has 0 aromatic heterocycles. The summed E-state index contributed by atoms with van der Waals surface area (Å²) in [5.41, 5.74) is 1.33. The number of aliphatic hydroxyl groups is 1. The Labute approximate surface area is 166 Å². The third-order valence-corrected chi connectivity index (χ3v) is 4.29. The van der Waals surface area contributed by atoms with E-state index >= 15 is 0 Å². The molecule has 0 radical (unpaired) electrons. The average molecular weight is 381 g/mol. The Bertz CT molecular complexity index is 482. The SMILES string of the molecule is CC.CC(C)CO.COc1ccc(CC2CCCCC(=O)OC(C)C2)cc1. The van der Waals surface area contributed by atoms with Crippen LogP contribution >= 0.6 is 0 Å². The first-order valence-corrected chi connectivity index (χ1v) is 10.4. The topological polar surface area (TPSA) is 55.8 Å². The molecule has 0 bridgehead atoms. The van der Waals surface area contributed by atoms with E-state index in [1.54, 1.807) is 7.11 Å². The number of methoxy groups -OCH3 is 1.